The maximum atomic E-state index is 13.2. The molecule has 29 heavy (non-hydrogen) atoms. The Morgan fingerprint density at radius 2 is 1.97 bits per heavy atom. The van der Waals surface area contributed by atoms with Gasteiger partial charge < -0.3 is 4.90 Å². The number of hydrogen-bond donors (Lipinski definition) is 0. The number of fused-ring (bicyclic) bond motifs is 1. The molecular weight excluding hydrogens is 392 g/mol. The lowest BCUT2D eigenvalue weighted by Crippen LogP contribution is -2.38. The van der Waals surface area contributed by atoms with Crippen LogP contribution in [-0.4, -0.2) is 58.7 Å². The highest BCUT2D eigenvalue weighted by molar-refractivity contribution is 6.31. The number of rotatable bonds is 3. The summed E-state index contributed by atoms with van der Waals surface area (Å²) >= 11 is 6.13. The van der Waals surface area contributed by atoms with Crippen LogP contribution in [0, 0.1) is 0 Å². The van der Waals surface area contributed by atoms with Crippen LogP contribution in [-0.2, 0) is 0 Å². The quantitative estimate of drug-likeness (QED) is 0.516. The Hall–Kier alpha value is -3.33. The number of halogens is 1. The number of hydrogen-bond acceptors (Lipinski definition) is 6. The average molecular weight is 409 g/mol. The largest absolute Gasteiger partial charge is 0.339 e. The number of likely N-dealkylation sites (tertiary alicyclic amines) is 1. The van der Waals surface area contributed by atoms with E-state index in [-0.39, 0.29) is 11.8 Å². The molecule has 1 amide bonds. The van der Waals surface area contributed by atoms with Crippen LogP contribution in [0.5, 0.6) is 0 Å². The van der Waals surface area contributed by atoms with Crippen LogP contribution in [0.4, 0.5) is 0 Å². The first-order valence-electron chi connectivity index (χ1n) is 9.32. The third-order valence-corrected chi connectivity index (χ3v) is 5.51. The van der Waals surface area contributed by atoms with Gasteiger partial charge in [0.2, 0.25) is 0 Å². The Balaban J connectivity index is 1.36. The molecule has 1 fully saturated rings. The third-order valence-electron chi connectivity index (χ3n) is 5.27. The van der Waals surface area contributed by atoms with Crippen molar-refractivity contribution in [3.8, 4) is 5.69 Å². The summed E-state index contributed by atoms with van der Waals surface area (Å²) in [6, 6.07) is 11.0. The van der Waals surface area contributed by atoms with Gasteiger partial charge in [-0.3, -0.25) is 9.20 Å². The van der Waals surface area contributed by atoms with E-state index in [0.29, 0.717) is 29.4 Å². The molecule has 0 bridgehead atoms. The van der Waals surface area contributed by atoms with Crippen molar-refractivity contribution < 1.29 is 4.79 Å². The molecule has 1 aliphatic heterocycles. The summed E-state index contributed by atoms with van der Waals surface area (Å²) in [6.45, 7) is 1.28. The van der Waals surface area contributed by atoms with Gasteiger partial charge in [-0.25, -0.2) is 0 Å². The first-order valence-corrected chi connectivity index (χ1v) is 9.70. The molecule has 1 saturated heterocycles. The number of benzene rings is 1. The second-order valence-corrected chi connectivity index (χ2v) is 7.41. The van der Waals surface area contributed by atoms with Crippen molar-refractivity contribution in [2.75, 3.05) is 13.1 Å². The lowest BCUT2D eigenvalue weighted by molar-refractivity contribution is 0.0710. The van der Waals surface area contributed by atoms with Crippen LogP contribution in [0.15, 0.2) is 48.9 Å². The maximum Gasteiger partial charge on any atom is 0.256 e. The van der Waals surface area contributed by atoms with Crippen molar-refractivity contribution in [3.63, 3.8) is 0 Å². The molecular formula is C19H17ClN8O. The van der Waals surface area contributed by atoms with Gasteiger partial charge >= 0.3 is 0 Å². The molecule has 1 aliphatic rings. The van der Waals surface area contributed by atoms with Crippen molar-refractivity contribution in [2.45, 2.75) is 18.8 Å². The Kier molecular flexibility index (Phi) is 4.44. The van der Waals surface area contributed by atoms with Gasteiger partial charge in [-0.15, -0.1) is 15.3 Å². The normalized spacial score (nSPS) is 15.1. The smallest absolute Gasteiger partial charge is 0.256 e. The minimum atomic E-state index is -0.0586. The number of piperidine rings is 1. The first kappa shape index (κ1) is 17.7. The highest BCUT2D eigenvalue weighted by Crippen LogP contribution is 2.29. The van der Waals surface area contributed by atoms with E-state index in [1.807, 2.05) is 33.7 Å². The predicted molar refractivity (Wildman–Crippen MR) is 105 cm³/mol. The first-order chi connectivity index (χ1) is 14.2. The molecule has 4 heterocycles. The predicted octanol–water partition coefficient (Wildman–Crippen LogP) is 2.38. The van der Waals surface area contributed by atoms with E-state index in [1.165, 1.54) is 11.0 Å². The molecule has 4 aromatic rings. The lowest BCUT2D eigenvalue weighted by Gasteiger charge is -2.31. The molecule has 0 unspecified atom stereocenters. The summed E-state index contributed by atoms with van der Waals surface area (Å²) in [7, 11) is 0. The van der Waals surface area contributed by atoms with Gasteiger partial charge in [-0.2, -0.15) is 4.68 Å². The average Bonchev–Trinajstić information content (AvgIpc) is 3.43. The summed E-state index contributed by atoms with van der Waals surface area (Å²) in [5.74, 6) is 1.16. The highest BCUT2D eigenvalue weighted by Gasteiger charge is 2.28. The molecule has 0 radical (unpaired) electrons. The molecule has 0 saturated carbocycles. The number of amides is 1. The molecule has 9 nitrogen and oxygen atoms in total. The summed E-state index contributed by atoms with van der Waals surface area (Å²) in [5, 5.41) is 20.3. The van der Waals surface area contributed by atoms with E-state index in [2.05, 4.69) is 25.7 Å². The number of tetrazole rings is 1. The number of aromatic nitrogens is 7. The number of carbonyl (C=O) groups excluding carboxylic acids is 1. The second kappa shape index (κ2) is 7.25. The van der Waals surface area contributed by atoms with Crippen LogP contribution < -0.4 is 0 Å². The maximum absolute atomic E-state index is 13.2. The van der Waals surface area contributed by atoms with Crippen molar-refractivity contribution in [2.24, 2.45) is 0 Å². The van der Waals surface area contributed by atoms with Crippen LogP contribution in [0.25, 0.3) is 11.3 Å². The molecule has 0 aliphatic carbocycles. The zero-order valence-corrected chi connectivity index (χ0v) is 16.1. The molecule has 5 rings (SSSR count). The van der Waals surface area contributed by atoms with E-state index in [0.717, 1.165) is 24.3 Å². The fourth-order valence-corrected chi connectivity index (χ4v) is 3.96. The monoisotopic (exact) mass is 408 g/mol. The van der Waals surface area contributed by atoms with Crippen LogP contribution in [0.3, 0.4) is 0 Å². The van der Waals surface area contributed by atoms with Gasteiger partial charge in [0.05, 0.1) is 11.3 Å². The summed E-state index contributed by atoms with van der Waals surface area (Å²) in [6.07, 6.45) is 5.09. The van der Waals surface area contributed by atoms with Crippen molar-refractivity contribution >= 4 is 23.2 Å². The fourth-order valence-electron chi connectivity index (χ4n) is 3.80. The Labute approximate surface area is 170 Å². The van der Waals surface area contributed by atoms with E-state index >= 15 is 0 Å². The Bertz CT molecular complexity index is 1160. The van der Waals surface area contributed by atoms with Gasteiger partial charge in [0.1, 0.15) is 12.2 Å². The van der Waals surface area contributed by atoms with E-state index in [1.54, 1.807) is 18.2 Å². The van der Waals surface area contributed by atoms with Crippen LogP contribution in [0.1, 0.15) is 34.9 Å². The molecule has 3 aromatic heterocycles. The van der Waals surface area contributed by atoms with Gasteiger partial charge in [-0.05, 0) is 53.6 Å². The van der Waals surface area contributed by atoms with Gasteiger partial charge in [0, 0.05) is 30.2 Å². The number of pyridine rings is 1. The summed E-state index contributed by atoms with van der Waals surface area (Å²) in [5.41, 5.74) is 1.93. The van der Waals surface area contributed by atoms with Gasteiger partial charge in [-0.1, -0.05) is 17.7 Å². The molecule has 146 valence electrons. The zero-order valence-electron chi connectivity index (χ0n) is 15.4. The topological polar surface area (TPSA) is 94.1 Å². The van der Waals surface area contributed by atoms with E-state index < -0.39 is 0 Å². The van der Waals surface area contributed by atoms with E-state index in [9.17, 15) is 4.79 Å². The second-order valence-electron chi connectivity index (χ2n) is 6.97. The number of nitrogens with zero attached hydrogens (tertiary/aromatic N) is 8. The molecule has 0 spiro atoms. The highest BCUT2D eigenvalue weighted by atomic mass is 35.5. The SMILES string of the molecule is O=C(c1ccc(Cl)cc1-n1cnnn1)N1CCC(c2nnc3ccccn23)CC1. The standard InChI is InChI=1S/C19H17ClN8O/c20-14-4-5-15(16(11-14)28-12-21-24-25-28)19(29)26-9-6-13(7-10-26)18-23-22-17-3-1-2-8-27(17)18/h1-5,8,11-13H,6-7,9-10H2. The van der Waals surface area contributed by atoms with Crippen LogP contribution >= 0.6 is 11.6 Å². The van der Waals surface area contributed by atoms with Crippen molar-refractivity contribution in [3.05, 3.63) is 65.3 Å². The minimum absolute atomic E-state index is 0.0586. The Morgan fingerprint density at radius 3 is 2.76 bits per heavy atom. The van der Waals surface area contributed by atoms with Gasteiger partial charge in [0.25, 0.3) is 5.91 Å². The molecule has 1 aromatic carbocycles. The van der Waals surface area contributed by atoms with Gasteiger partial charge in [0.15, 0.2) is 5.65 Å². The zero-order chi connectivity index (χ0) is 19.8. The van der Waals surface area contributed by atoms with E-state index in [4.69, 9.17) is 11.6 Å². The Morgan fingerprint density at radius 1 is 1.10 bits per heavy atom. The lowest BCUT2D eigenvalue weighted by atomic mass is 9.95. The van der Waals surface area contributed by atoms with Crippen LogP contribution in [0.2, 0.25) is 5.02 Å². The molecule has 0 atom stereocenters. The molecule has 0 N–H and O–H groups in total. The third kappa shape index (κ3) is 3.23. The summed E-state index contributed by atoms with van der Waals surface area (Å²) < 4.78 is 3.48. The van der Waals surface area contributed by atoms with Crippen molar-refractivity contribution in [1.82, 2.24) is 39.7 Å². The molecule has 10 heteroatoms. The fraction of sp³-hybridized carbons (Fsp3) is 0.263. The van der Waals surface area contributed by atoms with Crippen molar-refractivity contribution in [1.29, 1.82) is 0 Å². The minimum Gasteiger partial charge on any atom is -0.339 e. The summed E-state index contributed by atoms with van der Waals surface area (Å²) in [4.78, 5) is 15.1. The number of carbonyl (C=O) groups is 1.